The molecule has 0 amide bonds. The largest absolute Gasteiger partial charge is 0.309 e. The zero-order valence-corrected chi connectivity index (χ0v) is 10.5. The van der Waals surface area contributed by atoms with Crippen LogP contribution in [0.2, 0.25) is 0 Å². The Morgan fingerprint density at radius 2 is 1.83 bits per heavy atom. The SMILES string of the molecule is CCC(=O)SCCC(F)C(F)C(F)C(F)(F)CF. The Labute approximate surface area is 105 Å². The molecule has 0 heterocycles. The van der Waals surface area contributed by atoms with Gasteiger partial charge in [0, 0.05) is 12.2 Å². The van der Waals surface area contributed by atoms with Crippen LogP contribution in [-0.2, 0) is 4.79 Å². The summed E-state index contributed by atoms with van der Waals surface area (Å²) in [4.78, 5) is 10.8. The molecule has 0 aromatic carbocycles. The van der Waals surface area contributed by atoms with Crippen molar-refractivity contribution in [1.29, 1.82) is 0 Å². The second-order valence-electron chi connectivity index (χ2n) is 3.62. The van der Waals surface area contributed by atoms with Crippen molar-refractivity contribution in [1.82, 2.24) is 0 Å². The molecule has 0 aromatic heterocycles. The van der Waals surface area contributed by atoms with Crippen molar-refractivity contribution in [2.75, 3.05) is 12.4 Å². The van der Waals surface area contributed by atoms with Crippen LogP contribution in [0.5, 0.6) is 0 Å². The summed E-state index contributed by atoms with van der Waals surface area (Å²) < 4.78 is 75.5. The van der Waals surface area contributed by atoms with Gasteiger partial charge in [0.05, 0.1) is 0 Å². The Kier molecular flexibility index (Phi) is 7.73. The lowest BCUT2D eigenvalue weighted by Gasteiger charge is -2.22. The molecule has 0 saturated carbocycles. The first-order valence-electron chi connectivity index (χ1n) is 5.27. The molecule has 0 spiro atoms. The van der Waals surface area contributed by atoms with Crippen LogP contribution in [0.15, 0.2) is 0 Å². The molecule has 0 fully saturated rings. The van der Waals surface area contributed by atoms with Gasteiger partial charge in [0.15, 0.2) is 24.1 Å². The topological polar surface area (TPSA) is 17.1 Å². The smallest absolute Gasteiger partial charge is 0.287 e. The van der Waals surface area contributed by atoms with E-state index in [9.17, 15) is 31.1 Å². The predicted octanol–water partition coefficient (Wildman–Crippen LogP) is 3.67. The normalized spacial score (nSPS) is 17.3. The van der Waals surface area contributed by atoms with Crippen LogP contribution in [-0.4, -0.2) is 42.0 Å². The van der Waals surface area contributed by atoms with Crippen LogP contribution in [0.1, 0.15) is 19.8 Å². The van der Waals surface area contributed by atoms with Crippen LogP contribution in [0.3, 0.4) is 0 Å². The molecule has 18 heavy (non-hydrogen) atoms. The fourth-order valence-corrected chi connectivity index (χ4v) is 1.81. The van der Waals surface area contributed by atoms with Gasteiger partial charge in [0.1, 0.15) is 6.17 Å². The van der Waals surface area contributed by atoms with Gasteiger partial charge in [-0.2, -0.15) is 0 Å². The van der Waals surface area contributed by atoms with Gasteiger partial charge in [0.2, 0.25) is 0 Å². The molecule has 0 aliphatic rings. The number of rotatable bonds is 8. The van der Waals surface area contributed by atoms with Crippen molar-refractivity contribution in [3.8, 4) is 0 Å². The van der Waals surface area contributed by atoms with E-state index in [0.717, 1.165) is 11.8 Å². The first kappa shape index (κ1) is 17.6. The number of alkyl halides is 6. The van der Waals surface area contributed by atoms with E-state index in [4.69, 9.17) is 0 Å². The highest BCUT2D eigenvalue weighted by molar-refractivity contribution is 8.13. The zero-order valence-electron chi connectivity index (χ0n) is 9.64. The third kappa shape index (κ3) is 5.49. The molecule has 0 bridgehead atoms. The van der Waals surface area contributed by atoms with Gasteiger partial charge in [-0.05, 0) is 6.42 Å². The fraction of sp³-hybridized carbons (Fsp3) is 0.900. The highest BCUT2D eigenvalue weighted by atomic mass is 32.2. The van der Waals surface area contributed by atoms with Crippen molar-refractivity contribution in [2.24, 2.45) is 0 Å². The van der Waals surface area contributed by atoms with E-state index in [2.05, 4.69) is 0 Å². The van der Waals surface area contributed by atoms with Gasteiger partial charge in [-0.3, -0.25) is 4.79 Å². The van der Waals surface area contributed by atoms with Gasteiger partial charge in [-0.15, -0.1) is 0 Å². The maximum Gasteiger partial charge on any atom is 0.309 e. The fourth-order valence-electron chi connectivity index (χ4n) is 1.04. The van der Waals surface area contributed by atoms with Crippen molar-refractivity contribution in [2.45, 2.75) is 44.2 Å². The van der Waals surface area contributed by atoms with E-state index < -0.39 is 37.5 Å². The van der Waals surface area contributed by atoms with Gasteiger partial charge in [-0.25, -0.2) is 26.3 Å². The van der Waals surface area contributed by atoms with Gasteiger partial charge < -0.3 is 0 Å². The molecular weight excluding hydrogens is 282 g/mol. The molecule has 0 radical (unpaired) electrons. The summed E-state index contributed by atoms with van der Waals surface area (Å²) in [5, 5.41) is -0.261. The van der Waals surface area contributed by atoms with Gasteiger partial charge in [0.25, 0.3) is 0 Å². The molecule has 0 aliphatic carbocycles. The molecule has 1 nitrogen and oxygen atoms in total. The molecule has 3 atom stereocenters. The first-order valence-corrected chi connectivity index (χ1v) is 6.26. The number of halogens is 6. The van der Waals surface area contributed by atoms with Gasteiger partial charge in [-0.1, -0.05) is 18.7 Å². The summed E-state index contributed by atoms with van der Waals surface area (Å²) in [7, 11) is 0. The van der Waals surface area contributed by atoms with Crippen molar-refractivity contribution in [3.63, 3.8) is 0 Å². The van der Waals surface area contributed by atoms with E-state index in [1.807, 2.05) is 0 Å². The zero-order chi connectivity index (χ0) is 14.3. The average molecular weight is 296 g/mol. The minimum absolute atomic E-state index is 0.137. The highest BCUT2D eigenvalue weighted by Gasteiger charge is 2.48. The third-order valence-electron chi connectivity index (χ3n) is 2.15. The number of carbonyl (C=O) groups is 1. The summed E-state index contributed by atoms with van der Waals surface area (Å²) in [5.74, 6) is -4.67. The average Bonchev–Trinajstić information content (AvgIpc) is 2.36. The Bertz CT molecular complexity index is 263. The van der Waals surface area contributed by atoms with E-state index in [1.54, 1.807) is 6.92 Å². The Hall–Kier alpha value is -0.400. The maximum absolute atomic E-state index is 13.1. The highest BCUT2D eigenvalue weighted by Crippen LogP contribution is 2.29. The first-order chi connectivity index (χ1) is 8.26. The maximum atomic E-state index is 13.1. The monoisotopic (exact) mass is 296 g/mol. The predicted molar refractivity (Wildman–Crippen MR) is 58.0 cm³/mol. The second kappa shape index (κ2) is 7.91. The van der Waals surface area contributed by atoms with E-state index in [0.29, 0.717) is 0 Å². The van der Waals surface area contributed by atoms with Gasteiger partial charge >= 0.3 is 5.92 Å². The van der Waals surface area contributed by atoms with Crippen LogP contribution in [0.25, 0.3) is 0 Å². The Morgan fingerprint density at radius 1 is 1.28 bits per heavy atom. The van der Waals surface area contributed by atoms with Crippen molar-refractivity contribution >= 4 is 16.9 Å². The van der Waals surface area contributed by atoms with Crippen LogP contribution in [0.4, 0.5) is 26.3 Å². The minimum atomic E-state index is -4.53. The molecule has 8 heteroatoms. The van der Waals surface area contributed by atoms with E-state index >= 15 is 0 Å². The standard InChI is InChI=1S/C10H14F6OS/c1-2-7(17)18-4-3-6(12)8(13)9(14)10(15,16)5-11/h6,8-9H,2-5H2,1H3. The van der Waals surface area contributed by atoms with Crippen LogP contribution < -0.4 is 0 Å². The summed E-state index contributed by atoms with van der Waals surface area (Å²) in [6, 6.07) is 0. The lowest BCUT2D eigenvalue weighted by atomic mass is 10.1. The summed E-state index contributed by atoms with van der Waals surface area (Å²) >= 11 is 0.718. The summed E-state index contributed by atoms with van der Waals surface area (Å²) in [6.45, 7) is -0.815. The Morgan fingerprint density at radius 3 is 2.28 bits per heavy atom. The number of hydrogen-bond acceptors (Lipinski definition) is 2. The third-order valence-corrected chi connectivity index (χ3v) is 3.20. The van der Waals surface area contributed by atoms with E-state index in [1.165, 1.54) is 0 Å². The molecule has 3 unspecified atom stereocenters. The molecule has 0 aromatic rings. The molecule has 0 saturated heterocycles. The number of carbonyl (C=O) groups excluding carboxylic acids is 1. The molecule has 0 N–H and O–H groups in total. The molecule has 108 valence electrons. The minimum Gasteiger partial charge on any atom is -0.287 e. The molecule has 0 rings (SSSR count). The van der Waals surface area contributed by atoms with E-state index in [-0.39, 0.29) is 17.3 Å². The molecular formula is C10H14F6OS. The lowest BCUT2D eigenvalue weighted by molar-refractivity contribution is -0.123. The summed E-state index contributed by atoms with van der Waals surface area (Å²) in [6.07, 6.45) is -9.50. The summed E-state index contributed by atoms with van der Waals surface area (Å²) in [5.41, 5.74) is 0. The lowest BCUT2D eigenvalue weighted by Crippen LogP contribution is -2.43. The van der Waals surface area contributed by atoms with Crippen LogP contribution >= 0.6 is 11.8 Å². The quantitative estimate of drug-likeness (QED) is 0.636. The number of thioether (sulfide) groups is 1. The van der Waals surface area contributed by atoms with Crippen LogP contribution in [0, 0.1) is 0 Å². The number of hydrogen-bond donors (Lipinski definition) is 0. The molecule has 0 aliphatic heterocycles. The second-order valence-corrected chi connectivity index (χ2v) is 4.77. The van der Waals surface area contributed by atoms with Crippen molar-refractivity contribution in [3.05, 3.63) is 0 Å². The van der Waals surface area contributed by atoms with Crippen molar-refractivity contribution < 1.29 is 31.1 Å². The Balaban J connectivity index is 4.17.